The number of benzene rings is 1. The molecular weight excluding hydrogens is 206 g/mol. The smallest absolute Gasteiger partial charge is 0.0415 e. The van der Waals surface area contributed by atoms with Gasteiger partial charge in [0.25, 0.3) is 0 Å². The Bertz CT molecular complexity index is 421. The minimum atomic E-state index is 0.0921. The molecular formula is C16H21N. The molecule has 0 heterocycles. The van der Waals surface area contributed by atoms with Gasteiger partial charge in [0.05, 0.1) is 0 Å². The van der Waals surface area contributed by atoms with Gasteiger partial charge in [-0.05, 0) is 51.8 Å². The predicted octanol–water partition coefficient (Wildman–Crippen LogP) is 4.53. The Balaban J connectivity index is 2.39. The van der Waals surface area contributed by atoms with Crippen LogP contribution in [0.2, 0.25) is 0 Å². The summed E-state index contributed by atoms with van der Waals surface area (Å²) < 4.78 is 0. The largest absolute Gasteiger partial charge is 0.336 e. The third kappa shape index (κ3) is 2.79. The third-order valence-corrected chi connectivity index (χ3v) is 2.92. The monoisotopic (exact) mass is 227 g/mol. The number of rotatable bonds is 2. The second kappa shape index (κ2) is 4.79. The Morgan fingerprint density at radius 3 is 2.24 bits per heavy atom. The number of nitrogens with zero attached hydrogens (tertiary/aromatic N) is 1. The van der Waals surface area contributed by atoms with Gasteiger partial charge in [0.15, 0.2) is 0 Å². The molecule has 0 saturated carbocycles. The van der Waals surface area contributed by atoms with Gasteiger partial charge in [0.2, 0.25) is 0 Å². The van der Waals surface area contributed by atoms with Gasteiger partial charge in [-0.2, -0.15) is 0 Å². The van der Waals surface area contributed by atoms with Crippen LogP contribution in [0.25, 0.3) is 0 Å². The molecule has 1 heteroatoms. The number of para-hydroxylation sites is 1. The van der Waals surface area contributed by atoms with Crippen molar-refractivity contribution in [2.75, 3.05) is 4.90 Å². The van der Waals surface area contributed by atoms with E-state index in [1.807, 2.05) is 0 Å². The van der Waals surface area contributed by atoms with E-state index in [9.17, 15) is 0 Å². The van der Waals surface area contributed by atoms with Crippen LogP contribution in [0.3, 0.4) is 0 Å². The molecule has 1 aromatic rings. The lowest BCUT2D eigenvalue weighted by Gasteiger charge is -2.39. The van der Waals surface area contributed by atoms with Crippen molar-refractivity contribution in [2.45, 2.75) is 39.2 Å². The van der Waals surface area contributed by atoms with E-state index in [1.165, 1.54) is 11.4 Å². The molecule has 1 aliphatic rings. The molecule has 0 N–H and O–H groups in total. The van der Waals surface area contributed by atoms with Crippen LogP contribution in [0.4, 0.5) is 5.69 Å². The normalized spacial score (nSPS) is 15.6. The zero-order valence-corrected chi connectivity index (χ0v) is 11.0. The molecule has 1 aliphatic carbocycles. The Kier molecular flexibility index (Phi) is 3.37. The van der Waals surface area contributed by atoms with Crippen molar-refractivity contribution >= 4 is 5.69 Å². The topological polar surface area (TPSA) is 3.24 Å². The fourth-order valence-electron chi connectivity index (χ4n) is 2.27. The second-order valence-electron chi connectivity index (χ2n) is 5.45. The quantitative estimate of drug-likeness (QED) is 0.717. The Morgan fingerprint density at radius 2 is 1.71 bits per heavy atom. The highest BCUT2D eigenvalue weighted by Gasteiger charge is 2.24. The average Bonchev–Trinajstić information content (AvgIpc) is 2.30. The number of hydrogen-bond acceptors (Lipinski definition) is 1. The number of anilines is 1. The van der Waals surface area contributed by atoms with Crippen LogP contribution in [0.15, 0.2) is 54.3 Å². The zero-order valence-electron chi connectivity index (χ0n) is 11.0. The van der Waals surface area contributed by atoms with Crippen molar-refractivity contribution in [1.29, 1.82) is 0 Å². The lowest BCUT2D eigenvalue weighted by molar-refractivity contribution is 0.544. The summed E-state index contributed by atoms with van der Waals surface area (Å²) in [5.74, 6) is 0. The number of hydrogen-bond donors (Lipinski definition) is 0. The lowest BCUT2D eigenvalue weighted by Crippen LogP contribution is -2.40. The van der Waals surface area contributed by atoms with Crippen LogP contribution in [-0.2, 0) is 0 Å². The molecule has 0 saturated heterocycles. The van der Waals surface area contributed by atoms with Gasteiger partial charge in [0, 0.05) is 16.9 Å². The van der Waals surface area contributed by atoms with Crippen LogP contribution in [-0.4, -0.2) is 5.54 Å². The summed E-state index contributed by atoms with van der Waals surface area (Å²) in [7, 11) is 0. The van der Waals surface area contributed by atoms with Gasteiger partial charge in [0.1, 0.15) is 0 Å². The van der Waals surface area contributed by atoms with Crippen molar-refractivity contribution in [3.05, 3.63) is 54.3 Å². The molecule has 0 fully saturated rings. The molecule has 17 heavy (non-hydrogen) atoms. The maximum Gasteiger partial charge on any atom is 0.0415 e. The molecule has 0 bridgehead atoms. The highest BCUT2D eigenvalue weighted by Crippen LogP contribution is 2.30. The van der Waals surface area contributed by atoms with Crippen molar-refractivity contribution < 1.29 is 0 Å². The Labute approximate surface area is 104 Å². The fraction of sp³-hybridized carbons (Fsp3) is 0.375. The third-order valence-electron chi connectivity index (χ3n) is 2.92. The first-order valence-electron chi connectivity index (χ1n) is 6.31. The van der Waals surface area contributed by atoms with Gasteiger partial charge in [-0.15, -0.1) is 0 Å². The standard InChI is InChI=1S/C16H21N/c1-16(2,3)17(14-10-6-4-7-11-14)15-12-8-5-9-13-15/h4,6-8,10-13H,5,9H2,1-3H3. The van der Waals surface area contributed by atoms with E-state index in [1.54, 1.807) is 0 Å². The molecule has 0 aromatic heterocycles. The summed E-state index contributed by atoms with van der Waals surface area (Å²) in [4.78, 5) is 2.41. The summed E-state index contributed by atoms with van der Waals surface area (Å²) in [5.41, 5.74) is 2.67. The van der Waals surface area contributed by atoms with Gasteiger partial charge in [-0.3, -0.25) is 0 Å². The van der Waals surface area contributed by atoms with Crippen LogP contribution in [0, 0.1) is 0 Å². The summed E-state index contributed by atoms with van der Waals surface area (Å²) in [6.45, 7) is 6.76. The summed E-state index contributed by atoms with van der Waals surface area (Å²) >= 11 is 0. The maximum atomic E-state index is 2.41. The van der Waals surface area contributed by atoms with E-state index in [0.717, 1.165) is 12.8 Å². The molecule has 0 atom stereocenters. The lowest BCUT2D eigenvalue weighted by atomic mass is 10.0. The van der Waals surface area contributed by atoms with Crippen LogP contribution in [0.1, 0.15) is 33.6 Å². The second-order valence-corrected chi connectivity index (χ2v) is 5.45. The first-order valence-corrected chi connectivity index (χ1v) is 6.31. The van der Waals surface area contributed by atoms with Crippen molar-refractivity contribution in [3.8, 4) is 0 Å². The SMILES string of the molecule is CC(C)(C)N(C1=CCCC=C1)c1ccccc1. The predicted molar refractivity (Wildman–Crippen MR) is 75.1 cm³/mol. The first-order chi connectivity index (χ1) is 8.09. The minimum absolute atomic E-state index is 0.0921. The zero-order chi connectivity index (χ0) is 12.3. The molecule has 0 amide bonds. The molecule has 0 unspecified atom stereocenters. The molecule has 0 aliphatic heterocycles. The van der Waals surface area contributed by atoms with Gasteiger partial charge in [-0.25, -0.2) is 0 Å². The molecule has 2 rings (SSSR count). The highest BCUT2D eigenvalue weighted by atomic mass is 15.2. The van der Waals surface area contributed by atoms with Crippen molar-refractivity contribution in [2.24, 2.45) is 0 Å². The molecule has 1 nitrogen and oxygen atoms in total. The first kappa shape index (κ1) is 12.0. The highest BCUT2D eigenvalue weighted by molar-refractivity contribution is 5.57. The van der Waals surface area contributed by atoms with E-state index in [4.69, 9.17) is 0 Å². The van der Waals surface area contributed by atoms with Crippen LogP contribution < -0.4 is 4.90 Å². The van der Waals surface area contributed by atoms with E-state index in [0.29, 0.717) is 0 Å². The summed E-state index contributed by atoms with van der Waals surface area (Å²) in [6, 6.07) is 10.6. The van der Waals surface area contributed by atoms with E-state index in [-0.39, 0.29) is 5.54 Å². The Morgan fingerprint density at radius 1 is 1.00 bits per heavy atom. The summed E-state index contributed by atoms with van der Waals surface area (Å²) in [5, 5.41) is 0. The molecule has 1 aromatic carbocycles. The van der Waals surface area contributed by atoms with E-state index < -0.39 is 0 Å². The molecule has 0 radical (unpaired) electrons. The number of allylic oxidation sites excluding steroid dienone is 3. The minimum Gasteiger partial charge on any atom is -0.336 e. The molecule has 90 valence electrons. The molecule has 0 spiro atoms. The van der Waals surface area contributed by atoms with Gasteiger partial charge >= 0.3 is 0 Å². The summed E-state index contributed by atoms with van der Waals surface area (Å²) in [6.07, 6.45) is 9.14. The van der Waals surface area contributed by atoms with Crippen LogP contribution >= 0.6 is 0 Å². The van der Waals surface area contributed by atoms with Crippen LogP contribution in [0.5, 0.6) is 0 Å². The van der Waals surface area contributed by atoms with E-state index >= 15 is 0 Å². The maximum absolute atomic E-state index is 2.41. The van der Waals surface area contributed by atoms with Gasteiger partial charge < -0.3 is 4.90 Å². The van der Waals surface area contributed by atoms with Crippen molar-refractivity contribution in [1.82, 2.24) is 0 Å². The van der Waals surface area contributed by atoms with Gasteiger partial charge in [-0.1, -0.05) is 30.4 Å². The average molecular weight is 227 g/mol. The Hall–Kier alpha value is -1.50. The van der Waals surface area contributed by atoms with E-state index in [2.05, 4.69) is 74.2 Å². The van der Waals surface area contributed by atoms with Crippen molar-refractivity contribution in [3.63, 3.8) is 0 Å². The fourth-order valence-corrected chi connectivity index (χ4v) is 2.27.